The Bertz CT molecular complexity index is 1030. The maximum absolute atomic E-state index is 12.9. The average molecular weight is 391 g/mol. The number of allylic oxidation sites excluding steroid dienone is 1. The van der Waals surface area contributed by atoms with Gasteiger partial charge in [0, 0.05) is 25.2 Å². The number of nitrogens with zero attached hydrogens (tertiary/aromatic N) is 5. The Hall–Kier alpha value is -1.97. The summed E-state index contributed by atoms with van der Waals surface area (Å²) < 4.78 is 3.77. The van der Waals surface area contributed by atoms with Gasteiger partial charge < -0.3 is 4.90 Å². The lowest BCUT2D eigenvalue weighted by atomic mass is 10.4. The minimum Gasteiger partial charge on any atom is -0.335 e. The first kappa shape index (κ1) is 16.5. The van der Waals surface area contributed by atoms with Gasteiger partial charge in [-0.2, -0.15) is 0 Å². The normalized spacial score (nSPS) is 20.4. The number of hydrogen-bond acceptors (Lipinski definition) is 7. The summed E-state index contributed by atoms with van der Waals surface area (Å²) in [6.07, 6.45) is 7.93. The van der Waals surface area contributed by atoms with E-state index >= 15 is 0 Å². The van der Waals surface area contributed by atoms with Gasteiger partial charge in [-0.25, -0.2) is 9.55 Å². The molecule has 2 aromatic rings. The molecule has 0 bridgehead atoms. The van der Waals surface area contributed by atoms with E-state index in [1.165, 1.54) is 11.8 Å². The SMILES string of the molecule is CCN1C(=O)/C(=c2\nc3c(s2)=CC=CN3C)S/C1=N\c1scc[n+]1C. The summed E-state index contributed by atoms with van der Waals surface area (Å²) in [5.74, 6) is 0.869. The topological polar surface area (TPSA) is 52.7 Å². The highest BCUT2D eigenvalue weighted by molar-refractivity contribution is 8.23. The predicted octanol–water partition coefficient (Wildman–Crippen LogP) is 1.16. The van der Waals surface area contributed by atoms with E-state index in [2.05, 4.69) is 9.98 Å². The zero-order chi connectivity index (χ0) is 17.6. The van der Waals surface area contributed by atoms with Crippen molar-refractivity contribution in [3.63, 3.8) is 0 Å². The molecule has 4 rings (SSSR count). The largest absolute Gasteiger partial charge is 0.384 e. The Morgan fingerprint density at radius 1 is 1.40 bits per heavy atom. The van der Waals surface area contributed by atoms with Crippen molar-refractivity contribution in [3.05, 3.63) is 33.0 Å². The van der Waals surface area contributed by atoms with Gasteiger partial charge in [0.2, 0.25) is 0 Å². The number of aliphatic imine (C=N–C) groups is 1. The van der Waals surface area contributed by atoms with Crippen LogP contribution in [0, 0.1) is 0 Å². The summed E-state index contributed by atoms with van der Waals surface area (Å²) in [7, 11) is 3.91. The molecule has 0 aliphatic carbocycles. The molecule has 4 heterocycles. The molecule has 0 saturated carbocycles. The first-order valence-electron chi connectivity index (χ1n) is 7.72. The van der Waals surface area contributed by atoms with Crippen LogP contribution in [0.25, 0.3) is 11.0 Å². The number of rotatable bonds is 2. The Morgan fingerprint density at radius 2 is 2.24 bits per heavy atom. The van der Waals surface area contributed by atoms with Crippen molar-refractivity contribution in [2.24, 2.45) is 12.0 Å². The molecule has 0 radical (unpaired) electrons. The van der Waals surface area contributed by atoms with E-state index in [4.69, 9.17) is 0 Å². The van der Waals surface area contributed by atoms with Gasteiger partial charge >= 0.3 is 5.13 Å². The van der Waals surface area contributed by atoms with Crippen LogP contribution in [-0.2, 0) is 11.8 Å². The van der Waals surface area contributed by atoms with Gasteiger partial charge in [-0.3, -0.25) is 9.69 Å². The zero-order valence-corrected chi connectivity index (χ0v) is 16.4. The molecule has 0 atom stereocenters. The number of aryl methyl sites for hydroxylation is 1. The van der Waals surface area contributed by atoms with Crippen LogP contribution in [0.15, 0.2) is 28.8 Å². The maximum atomic E-state index is 12.9. The third-order valence-corrected chi connectivity index (χ3v) is 6.92. The highest BCUT2D eigenvalue weighted by atomic mass is 32.2. The third-order valence-electron chi connectivity index (χ3n) is 3.85. The molecular weight excluding hydrogens is 374 g/mol. The number of hydrogen-bond donors (Lipinski definition) is 0. The Labute approximate surface area is 157 Å². The number of thiazole rings is 2. The number of fused-ring (bicyclic) bond motifs is 1. The lowest BCUT2D eigenvalue weighted by Gasteiger charge is -2.11. The van der Waals surface area contributed by atoms with Gasteiger partial charge in [0.1, 0.15) is 15.8 Å². The van der Waals surface area contributed by atoms with Crippen LogP contribution in [-0.4, -0.2) is 34.6 Å². The van der Waals surface area contributed by atoms with Crippen LogP contribution in [0.1, 0.15) is 6.92 Å². The highest BCUT2D eigenvalue weighted by Crippen LogP contribution is 2.33. The van der Waals surface area contributed by atoms with Crippen LogP contribution in [0.5, 0.6) is 0 Å². The number of aromatic nitrogens is 2. The predicted molar refractivity (Wildman–Crippen MR) is 104 cm³/mol. The van der Waals surface area contributed by atoms with Gasteiger partial charge in [-0.15, -0.1) is 11.3 Å². The Morgan fingerprint density at radius 3 is 2.92 bits per heavy atom. The second-order valence-electron chi connectivity index (χ2n) is 5.50. The van der Waals surface area contributed by atoms with E-state index < -0.39 is 0 Å². The van der Waals surface area contributed by atoms with E-state index in [9.17, 15) is 4.79 Å². The molecule has 2 aromatic heterocycles. The molecule has 6 nitrogen and oxygen atoms in total. The van der Waals surface area contributed by atoms with Crippen molar-refractivity contribution in [2.75, 3.05) is 18.5 Å². The van der Waals surface area contributed by atoms with E-state index in [-0.39, 0.29) is 5.91 Å². The number of amides is 1. The molecule has 9 heteroatoms. The first-order chi connectivity index (χ1) is 12.1. The number of anilines is 1. The molecule has 1 amide bonds. The van der Waals surface area contributed by atoms with Crippen molar-refractivity contribution >= 4 is 67.4 Å². The van der Waals surface area contributed by atoms with Crippen LogP contribution in [0.3, 0.4) is 0 Å². The Kier molecular flexibility index (Phi) is 4.22. The molecular formula is C16H16N5OS3+. The van der Waals surface area contributed by atoms with Crippen LogP contribution in [0.4, 0.5) is 10.9 Å². The van der Waals surface area contributed by atoms with Crippen molar-refractivity contribution in [3.8, 4) is 0 Å². The summed E-state index contributed by atoms with van der Waals surface area (Å²) in [4.78, 5) is 26.6. The zero-order valence-electron chi connectivity index (χ0n) is 14.0. The van der Waals surface area contributed by atoms with Crippen LogP contribution < -0.4 is 18.7 Å². The van der Waals surface area contributed by atoms with Crippen molar-refractivity contribution in [1.29, 1.82) is 0 Å². The first-order valence-corrected chi connectivity index (χ1v) is 10.2. The summed E-state index contributed by atoms with van der Waals surface area (Å²) >= 11 is 4.50. The van der Waals surface area contributed by atoms with Gasteiger partial charge in [-0.1, -0.05) is 11.3 Å². The molecule has 0 aromatic carbocycles. The fraction of sp³-hybridized carbons (Fsp3) is 0.250. The molecule has 2 aliphatic rings. The quantitative estimate of drug-likeness (QED) is 0.723. The molecule has 0 N–H and O–H groups in total. The summed E-state index contributed by atoms with van der Waals surface area (Å²) in [5.41, 5.74) is 0. The molecule has 1 saturated heterocycles. The standard InChI is InChI=1S/C16H16N5OS3/c1-4-21-14(22)11(25-16(21)18-15-20(3)8-9-23-15)13-17-12-10(24-13)6-5-7-19(12)2/h5-9H,4H2,1-3H3/q+1/b13-11-. The van der Waals surface area contributed by atoms with E-state index in [0.29, 0.717) is 16.6 Å². The van der Waals surface area contributed by atoms with Gasteiger partial charge in [0.15, 0.2) is 5.82 Å². The van der Waals surface area contributed by atoms with Crippen LogP contribution in [0.2, 0.25) is 0 Å². The molecule has 128 valence electrons. The van der Waals surface area contributed by atoms with Crippen molar-refractivity contribution in [1.82, 2.24) is 9.88 Å². The minimum atomic E-state index is -0.0211. The molecule has 0 spiro atoms. The van der Waals surface area contributed by atoms with Crippen LogP contribution >= 0.6 is 34.4 Å². The maximum Gasteiger partial charge on any atom is 0.384 e. The highest BCUT2D eigenvalue weighted by Gasteiger charge is 2.38. The summed E-state index contributed by atoms with van der Waals surface area (Å²) in [5, 5.41) is 3.56. The average Bonchev–Trinajstić information content (AvgIpc) is 3.27. The van der Waals surface area contributed by atoms with Gasteiger partial charge in [-0.05, 0) is 35.8 Å². The molecule has 2 aliphatic heterocycles. The second kappa shape index (κ2) is 6.40. The number of amidine groups is 1. The van der Waals surface area contributed by atoms with E-state index in [0.717, 1.165) is 20.1 Å². The smallest absolute Gasteiger partial charge is 0.335 e. The Balaban J connectivity index is 1.82. The van der Waals surface area contributed by atoms with Crippen molar-refractivity contribution in [2.45, 2.75) is 6.92 Å². The fourth-order valence-corrected chi connectivity index (χ4v) is 5.48. The molecule has 1 fully saturated rings. The van der Waals surface area contributed by atoms with E-state index in [1.54, 1.807) is 27.6 Å². The summed E-state index contributed by atoms with van der Waals surface area (Å²) in [6.45, 7) is 2.55. The third kappa shape index (κ3) is 2.82. The molecule has 25 heavy (non-hydrogen) atoms. The second-order valence-corrected chi connectivity index (χ2v) is 8.38. The lowest BCUT2D eigenvalue weighted by molar-refractivity contribution is -0.653. The number of carbonyl (C=O) groups is 1. The number of thioether (sulfide) groups is 1. The monoisotopic (exact) mass is 390 g/mol. The minimum absolute atomic E-state index is 0.0211. The van der Waals surface area contributed by atoms with Gasteiger partial charge in [0.05, 0.1) is 11.6 Å². The van der Waals surface area contributed by atoms with E-state index in [1.807, 2.05) is 60.4 Å². The summed E-state index contributed by atoms with van der Waals surface area (Å²) in [6, 6.07) is 0. The number of carbonyl (C=O) groups excluding carboxylic acids is 1. The fourth-order valence-electron chi connectivity index (χ4n) is 2.53. The van der Waals surface area contributed by atoms with Gasteiger partial charge in [0.25, 0.3) is 11.1 Å². The molecule has 0 unspecified atom stereocenters. The lowest BCUT2D eigenvalue weighted by Crippen LogP contribution is -2.30. The van der Waals surface area contributed by atoms with Crippen molar-refractivity contribution < 1.29 is 9.36 Å².